The summed E-state index contributed by atoms with van der Waals surface area (Å²) in [6.45, 7) is 2.15. The number of amides is 1. The van der Waals surface area contributed by atoms with E-state index in [1.54, 1.807) is 6.20 Å². The number of halogens is 1. The van der Waals surface area contributed by atoms with Crippen LogP contribution in [-0.2, 0) is 10.2 Å². The first-order valence-corrected chi connectivity index (χ1v) is 9.88. The molecule has 1 saturated carbocycles. The quantitative estimate of drug-likeness (QED) is 0.654. The summed E-state index contributed by atoms with van der Waals surface area (Å²) in [6, 6.07) is 15.4. The Balaban J connectivity index is 1.39. The maximum atomic E-state index is 13.1. The number of carbonyl (C=O) groups excluding carboxylic acids is 1. The molecule has 5 nitrogen and oxygen atoms in total. The number of aromatic nitrogens is 1. The number of ether oxygens (including phenoxy) is 2. The van der Waals surface area contributed by atoms with Crippen molar-refractivity contribution in [3.63, 3.8) is 0 Å². The number of pyridine rings is 1. The molecule has 2 aromatic carbocycles. The zero-order valence-corrected chi connectivity index (χ0v) is 16.6. The van der Waals surface area contributed by atoms with Crippen LogP contribution < -0.4 is 14.8 Å². The van der Waals surface area contributed by atoms with E-state index in [0.29, 0.717) is 16.6 Å². The molecule has 0 unspecified atom stereocenters. The molecule has 1 amide bonds. The van der Waals surface area contributed by atoms with Crippen LogP contribution in [-0.4, -0.2) is 17.7 Å². The number of carbonyl (C=O) groups is 1. The van der Waals surface area contributed by atoms with Gasteiger partial charge in [0.15, 0.2) is 11.5 Å². The fraction of sp³-hybridized carbons (Fsp3) is 0.217. The molecule has 29 heavy (non-hydrogen) atoms. The highest BCUT2D eigenvalue weighted by Crippen LogP contribution is 2.51. The molecule has 146 valence electrons. The van der Waals surface area contributed by atoms with Crippen molar-refractivity contribution in [3.05, 3.63) is 70.9 Å². The average Bonchev–Trinajstić information content (AvgIpc) is 3.41. The van der Waals surface area contributed by atoms with Gasteiger partial charge in [-0.3, -0.25) is 4.79 Å². The highest BCUT2D eigenvalue weighted by molar-refractivity contribution is 6.33. The number of nitrogens with one attached hydrogen (secondary N) is 1. The van der Waals surface area contributed by atoms with E-state index in [0.717, 1.165) is 40.8 Å². The molecule has 0 saturated heterocycles. The SMILES string of the molecule is Cc1cc(-c2ccccc2Cl)cnc1NC(=O)C1(c2ccc3c(c2)OCO3)CC1. The molecule has 1 aliphatic carbocycles. The number of fused-ring (bicyclic) bond motifs is 1. The van der Waals surface area contributed by atoms with Crippen molar-refractivity contribution in [2.75, 3.05) is 12.1 Å². The highest BCUT2D eigenvalue weighted by Gasteiger charge is 2.51. The maximum Gasteiger partial charge on any atom is 0.236 e. The molecule has 2 aliphatic rings. The van der Waals surface area contributed by atoms with Gasteiger partial charge >= 0.3 is 0 Å². The van der Waals surface area contributed by atoms with Crippen LogP contribution in [0.1, 0.15) is 24.0 Å². The van der Waals surface area contributed by atoms with E-state index in [2.05, 4.69) is 10.3 Å². The largest absolute Gasteiger partial charge is 0.454 e. The smallest absolute Gasteiger partial charge is 0.236 e. The van der Waals surface area contributed by atoms with E-state index < -0.39 is 5.41 Å². The first-order chi connectivity index (χ1) is 14.1. The third kappa shape index (κ3) is 3.12. The number of nitrogens with zero attached hydrogens (tertiary/aromatic N) is 1. The van der Waals surface area contributed by atoms with Crippen LogP contribution in [0.15, 0.2) is 54.7 Å². The number of anilines is 1. The Labute approximate surface area is 173 Å². The van der Waals surface area contributed by atoms with Crippen LogP contribution in [0.5, 0.6) is 11.5 Å². The van der Waals surface area contributed by atoms with Gasteiger partial charge in [0.2, 0.25) is 12.7 Å². The van der Waals surface area contributed by atoms with Crippen molar-refractivity contribution in [1.82, 2.24) is 4.98 Å². The Hall–Kier alpha value is -3.05. The number of hydrogen-bond donors (Lipinski definition) is 1. The van der Waals surface area contributed by atoms with Crippen molar-refractivity contribution < 1.29 is 14.3 Å². The summed E-state index contributed by atoms with van der Waals surface area (Å²) in [4.78, 5) is 17.6. The zero-order chi connectivity index (χ0) is 20.0. The van der Waals surface area contributed by atoms with Crippen molar-refractivity contribution in [3.8, 4) is 22.6 Å². The molecule has 5 rings (SSSR count). The molecular formula is C23H19ClN2O3. The van der Waals surface area contributed by atoms with Gasteiger partial charge in [-0.1, -0.05) is 35.9 Å². The highest BCUT2D eigenvalue weighted by atomic mass is 35.5. The molecule has 0 spiro atoms. The Morgan fingerprint density at radius 2 is 1.90 bits per heavy atom. The van der Waals surface area contributed by atoms with E-state index in [9.17, 15) is 4.79 Å². The first-order valence-electron chi connectivity index (χ1n) is 9.50. The normalized spacial score (nSPS) is 15.8. The van der Waals surface area contributed by atoms with Gasteiger partial charge in [-0.25, -0.2) is 4.98 Å². The van der Waals surface area contributed by atoms with Gasteiger partial charge in [0, 0.05) is 22.3 Å². The van der Waals surface area contributed by atoms with Crippen LogP contribution in [0.2, 0.25) is 5.02 Å². The second-order valence-corrected chi connectivity index (χ2v) is 7.88. The van der Waals surface area contributed by atoms with Gasteiger partial charge < -0.3 is 14.8 Å². The van der Waals surface area contributed by atoms with Crippen LogP contribution in [0, 0.1) is 6.92 Å². The summed E-state index contributed by atoms with van der Waals surface area (Å²) < 4.78 is 10.8. The zero-order valence-electron chi connectivity index (χ0n) is 15.9. The summed E-state index contributed by atoms with van der Waals surface area (Å²) in [5.74, 6) is 1.94. The first kappa shape index (κ1) is 18.0. The average molecular weight is 407 g/mol. The van der Waals surface area contributed by atoms with Gasteiger partial charge in [-0.2, -0.15) is 0 Å². The lowest BCUT2D eigenvalue weighted by Crippen LogP contribution is -2.28. The Kier molecular flexibility index (Phi) is 4.21. The molecule has 6 heteroatoms. The molecule has 1 N–H and O–H groups in total. The lowest BCUT2D eigenvalue weighted by molar-refractivity contribution is -0.118. The summed E-state index contributed by atoms with van der Waals surface area (Å²) in [7, 11) is 0. The summed E-state index contributed by atoms with van der Waals surface area (Å²) in [6.07, 6.45) is 3.34. The van der Waals surface area contributed by atoms with E-state index in [-0.39, 0.29) is 12.7 Å². The molecule has 0 radical (unpaired) electrons. The maximum absolute atomic E-state index is 13.1. The Bertz CT molecular complexity index is 1120. The number of benzene rings is 2. The molecule has 3 aromatic rings. The lowest BCUT2D eigenvalue weighted by atomic mass is 9.94. The Morgan fingerprint density at radius 3 is 2.66 bits per heavy atom. The van der Waals surface area contributed by atoms with Gasteiger partial charge in [0.25, 0.3) is 0 Å². The predicted molar refractivity (Wildman–Crippen MR) is 112 cm³/mol. The fourth-order valence-electron chi connectivity index (χ4n) is 3.74. The molecule has 0 atom stereocenters. The molecular weight excluding hydrogens is 388 g/mol. The van der Waals surface area contributed by atoms with Crippen LogP contribution in [0.25, 0.3) is 11.1 Å². The second kappa shape index (κ2) is 6.78. The summed E-state index contributed by atoms with van der Waals surface area (Å²) in [5.41, 5.74) is 3.14. The van der Waals surface area contributed by atoms with Crippen molar-refractivity contribution in [2.45, 2.75) is 25.2 Å². The summed E-state index contributed by atoms with van der Waals surface area (Å²) in [5, 5.41) is 3.69. The molecule has 0 bridgehead atoms. The van der Waals surface area contributed by atoms with Crippen LogP contribution >= 0.6 is 11.6 Å². The minimum absolute atomic E-state index is 0.0440. The standard InChI is InChI=1S/C23H19ClN2O3/c1-14-10-15(17-4-2-3-5-18(17)24)12-25-21(14)26-22(27)23(8-9-23)16-6-7-19-20(11-16)29-13-28-19/h2-7,10-12H,8-9,13H2,1H3,(H,25,26,27). The number of aryl methyl sites for hydroxylation is 1. The predicted octanol–water partition coefficient (Wildman–Crippen LogP) is 5.11. The van der Waals surface area contributed by atoms with Gasteiger partial charge in [0.1, 0.15) is 5.82 Å². The topological polar surface area (TPSA) is 60.5 Å². The van der Waals surface area contributed by atoms with Gasteiger partial charge in [-0.15, -0.1) is 0 Å². The minimum Gasteiger partial charge on any atom is -0.454 e. The molecule has 1 aromatic heterocycles. The molecule has 1 fully saturated rings. The third-order valence-electron chi connectivity index (χ3n) is 5.60. The second-order valence-electron chi connectivity index (χ2n) is 7.47. The van der Waals surface area contributed by atoms with E-state index in [4.69, 9.17) is 21.1 Å². The Morgan fingerprint density at radius 1 is 1.10 bits per heavy atom. The van der Waals surface area contributed by atoms with Crippen LogP contribution in [0.4, 0.5) is 5.82 Å². The van der Waals surface area contributed by atoms with E-state index in [1.807, 2.05) is 55.5 Å². The van der Waals surface area contributed by atoms with Crippen molar-refractivity contribution in [2.24, 2.45) is 0 Å². The van der Waals surface area contributed by atoms with Gasteiger partial charge in [-0.05, 0) is 55.2 Å². The number of hydrogen-bond acceptors (Lipinski definition) is 4. The monoisotopic (exact) mass is 406 g/mol. The van der Waals surface area contributed by atoms with Crippen molar-refractivity contribution in [1.29, 1.82) is 0 Å². The van der Waals surface area contributed by atoms with E-state index >= 15 is 0 Å². The van der Waals surface area contributed by atoms with Gasteiger partial charge in [0.05, 0.1) is 5.41 Å². The van der Waals surface area contributed by atoms with Crippen LogP contribution in [0.3, 0.4) is 0 Å². The van der Waals surface area contributed by atoms with Crippen molar-refractivity contribution >= 4 is 23.3 Å². The van der Waals surface area contributed by atoms with E-state index in [1.165, 1.54) is 0 Å². The molecule has 1 aliphatic heterocycles. The summed E-state index contributed by atoms with van der Waals surface area (Å²) >= 11 is 6.29. The third-order valence-corrected chi connectivity index (χ3v) is 5.93. The molecule has 2 heterocycles. The number of rotatable bonds is 4. The minimum atomic E-state index is -0.531. The lowest BCUT2D eigenvalue weighted by Gasteiger charge is -2.17. The fourth-order valence-corrected chi connectivity index (χ4v) is 3.99.